The number of likely N-dealkylation sites (N-methyl/N-ethyl adjacent to an activating group) is 1. The molecule has 0 aliphatic carbocycles. The Hall–Kier alpha value is -1.56. The number of carbonyl (C=O) groups excluding carboxylic acids is 1. The molecule has 0 saturated carbocycles. The molecule has 1 amide bonds. The summed E-state index contributed by atoms with van der Waals surface area (Å²) in [5.41, 5.74) is -0.557. The summed E-state index contributed by atoms with van der Waals surface area (Å²) in [6, 6.07) is 1.35. The van der Waals surface area contributed by atoms with Gasteiger partial charge in [0.05, 0.1) is 0 Å². The third-order valence-corrected chi connectivity index (χ3v) is 3.14. The highest BCUT2D eigenvalue weighted by atomic mass is 19.2. The van der Waals surface area contributed by atoms with Crippen LogP contribution in [0.1, 0.15) is 24.2 Å². The van der Waals surface area contributed by atoms with Crippen LogP contribution in [0.2, 0.25) is 0 Å². The number of hydrogen-bond acceptors (Lipinski definition) is 2. The molecule has 6 heteroatoms. The van der Waals surface area contributed by atoms with Crippen molar-refractivity contribution in [2.24, 2.45) is 0 Å². The number of halogens is 3. The van der Waals surface area contributed by atoms with Crippen molar-refractivity contribution in [3.05, 3.63) is 35.1 Å². The molecule has 0 spiro atoms. The van der Waals surface area contributed by atoms with E-state index < -0.39 is 23.4 Å². The first kappa shape index (κ1) is 15.5. The summed E-state index contributed by atoms with van der Waals surface area (Å²) in [4.78, 5) is 13.6. The van der Waals surface area contributed by atoms with Gasteiger partial charge < -0.3 is 10.2 Å². The van der Waals surface area contributed by atoms with Crippen LogP contribution < -0.4 is 5.32 Å². The minimum atomic E-state index is -1.58. The lowest BCUT2D eigenvalue weighted by Gasteiger charge is -2.32. The Bertz CT molecular complexity index is 464. The highest BCUT2D eigenvalue weighted by molar-refractivity contribution is 5.94. The minimum absolute atomic E-state index is 0.244. The number of benzene rings is 1. The Morgan fingerprint density at radius 1 is 1.21 bits per heavy atom. The van der Waals surface area contributed by atoms with E-state index in [0.717, 1.165) is 0 Å². The molecule has 106 valence electrons. The van der Waals surface area contributed by atoms with Gasteiger partial charge in [-0.3, -0.25) is 4.79 Å². The molecule has 0 saturated heterocycles. The molecular formula is C13H17F3N2O. The van der Waals surface area contributed by atoms with Crippen LogP contribution in [-0.2, 0) is 0 Å². The van der Waals surface area contributed by atoms with Crippen molar-refractivity contribution in [1.82, 2.24) is 10.2 Å². The maximum atomic E-state index is 13.0. The van der Waals surface area contributed by atoms with E-state index in [2.05, 4.69) is 5.32 Å². The van der Waals surface area contributed by atoms with Crippen molar-refractivity contribution in [2.75, 3.05) is 20.6 Å². The number of nitrogens with zero attached hydrogens (tertiary/aromatic N) is 1. The fourth-order valence-electron chi connectivity index (χ4n) is 1.24. The van der Waals surface area contributed by atoms with Crippen LogP contribution in [0.15, 0.2) is 12.1 Å². The monoisotopic (exact) mass is 274 g/mol. The summed E-state index contributed by atoms with van der Waals surface area (Å²) in [6.07, 6.45) is 0. The van der Waals surface area contributed by atoms with E-state index in [0.29, 0.717) is 18.7 Å². The van der Waals surface area contributed by atoms with E-state index in [4.69, 9.17) is 0 Å². The van der Waals surface area contributed by atoms with E-state index in [1.54, 1.807) is 0 Å². The normalized spacial score (nSPS) is 11.8. The first-order chi connectivity index (χ1) is 8.65. The predicted molar refractivity (Wildman–Crippen MR) is 66.4 cm³/mol. The van der Waals surface area contributed by atoms with Gasteiger partial charge in [-0.1, -0.05) is 0 Å². The molecule has 19 heavy (non-hydrogen) atoms. The van der Waals surface area contributed by atoms with Gasteiger partial charge in [0.2, 0.25) is 0 Å². The highest BCUT2D eigenvalue weighted by Gasteiger charge is 2.22. The lowest BCUT2D eigenvalue weighted by atomic mass is 10.0. The van der Waals surface area contributed by atoms with Crippen LogP contribution in [0.3, 0.4) is 0 Å². The second-order valence-electron chi connectivity index (χ2n) is 5.14. The van der Waals surface area contributed by atoms with Crippen LogP contribution in [0.5, 0.6) is 0 Å². The molecule has 0 heterocycles. The van der Waals surface area contributed by atoms with Gasteiger partial charge in [0.25, 0.3) is 5.91 Å². The number of amides is 1. The summed E-state index contributed by atoms with van der Waals surface area (Å²) in [5.74, 6) is -4.98. The zero-order valence-corrected chi connectivity index (χ0v) is 11.4. The number of rotatable bonds is 4. The van der Waals surface area contributed by atoms with Gasteiger partial charge in [-0.2, -0.15) is 0 Å². The second kappa shape index (κ2) is 5.61. The Labute approximate surface area is 110 Å². The summed E-state index contributed by atoms with van der Waals surface area (Å²) < 4.78 is 38.8. The van der Waals surface area contributed by atoms with Gasteiger partial charge in [0, 0.05) is 17.6 Å². The Morgan fingerprint density at radius 2 is 1.68 bits per heavy atom. The fourth-order valence-corrected chi connectivity index (χ4v) is 1.24. The maximum absolute atomic E-state index is 13.0. The van der Waals surface area contributed by atoms with Gasteiger partial charge in [-0.25, -0.2) is 13.2 Å². The van der Waals surface area contributed by atoms with Gasteiger partial charge in [0.1, 0.15) is 0 Å². The van der Waals surface area contributed by atoms with Crippen molar-refractivity contribution >= 4 is 5.91 Å². The average molecular weight is 274 g/mol. The van der Waals surface area contributed by atoms with Crippen molar-refractivity contribution in [2.45, 2.75) is 19.4 Å². The quantitative estimate of drug-likeness (QED) is 0.853. The molecule has 0 aromatic heterocycles. The zero-order valence-electron chi connectivity index (χ0n) is 11.4. The Balaban J connectivity index is 2.80. The molecule has 0 unspecified atom stereocenters. The summed E-state index contributed by atoms with van der Waals surface area (Å²) in [5, 5.41) is 2.56. The first-order valence-electron chi connectivity index (χ1n) is 5.75. The second-order valence-corrected chi connectivity index (χ2v) is 5.14. The summed E-state index contributed by atoms with van der Waals surface area (Å²) in [6.45, 7) is 4.09. The number of hydrogen-bond donors (Lipinski definition) is 1. The standard InChI is InChI=1S/C13H17F3N2O/c1-13(2,18(3)4)7-17-12(19)8-5-9(14)11(16)10(15)6-8/h5-6H,7H2,1-4H3,(H,17,19). The molecule has 1 rings (SSSR count). The van der Waals surface area contributed by atoms with E-state index in [1.165, 1.54) is 0 Å². The third kappa shape index (κ3) is 3.70. The molecule has 0 atom stereocenters. The topological polar surface area (TPSA) is 32.3 Å². The molecule has 1 aromatic rings. The summed E-state index contributed by atoms with van der Waals surface area (Å²) in [7, 11) is 3.70. The van der Waals surface area contributed by atoms with Gasteiger partial charge in [-0.05, 0) is 40.1 Å². The Kier molecular flexibility index (Phi) is 4.57. The average Bonchev–Trinajstić information content (AvgIpc) is 2.32. The van der Waals surface area contributed by atoms with Gasteiger partial charge in [-0.15, -0.1) is 0 Å². The molecule has 0 bridgehead atoms. The van der Waals surface area contributed by atoms with Crippen LogP contribution in [0, 0.1) is 17.5 Å². The molecule has 1 N–H and O–H groups in total. The van der Waals surface area contributed by atoms with E-state index >= 15 is 0 Å². The molecular weight excluding hydrogens is 257 g/mol. The smallest absolute Gasteiger partial charge is 0.251 e. The zero-order chi connectivity index (χ0) is 14.8. The SMILES string of the molecule is CN(C)C(C)(C)CNC(=O)c1cc(F)c(F)c(F)c1. The van der Waals surface area contributed by atoms with Crippen molar-refractivity contribution in [3.63, 3.8) is 0 Å². The van der Waals surface area contributed by atoms with Gasteiger partial charge >= 0.3 is 0 Å². The van der Waals surface area contributed by atoms with E-state index in [1.807, 2.05) is 32.8 Å². The number of carbonyl (C=O) groups is 1. The highest BCUT2D eigenvalue weighted by Crippen LogP contribution is 2.14. The van der Waals surface area contributed by atoms with Crippen LogP contribution in [0.25, 0.3) is 0 Å². The molecule has 0 aliphatic rings. The summed E-state index contributed by atoms with van der Waals surface area (Å²) >= 11 is 0. The number of nitrogens with one attached hydrogen (secondary N) is 1. The lowest BCUT2D eigenvalue weighted by Crippen LogP contribution is -2.48. The van der Waals surface area contributed by atoms with Crippen molar-refractivity contribution < 1.29 is 18.0 Å². The molecule has 0 radical (unpaired) electrons. The van der Waals surface area contributed by atoms with E-state index in [-0.39, 0.29) is 11.1 Å². The predicted octanol–water partition coefficient (Wildman–Crippen LogP) is 2.17. The third-order valence-electron chi connectivity index (χ3n) is 3.14. The van der Waals surface area contributed by atoms with Crippen LogP contribution in [-0.4, -0.2) is 37.0 Å². The minimum Gasteiger partial charge on any atom is -0.350 e. The molecule has 1 aromatic carbocycles. The van der Waals surface area contributed by atoms with Crippen LogP contribution >= 0.6 is 0 Å². The fraction of sp³-hybridized carbons (Fsp3) is 0.462. The van der Waals surface area contributed by atoms with Gasteiger partial charge in [0.15, 0.2) is 17.5 Å². The molecule has 3 nitrogen and oxygen atoms in total. The first-order valence-corrected chi connectivity index (χ1v) is 5.75. The van der Waals surface area contributed by atoms with Crippen LogP contribution in [0.4, 0.5) is 13.2 Å². The molecule has 0 aliphatic heterocycles. The maximum Gasteiger partial charge on any atom is 0.251 e. The van der Waals surface area contributed by atoms with Crippen molar-refractivity contribution in [3.8, 4) is 0 Å². The molecule has 0 fully saturated rings. The largest absolute Gasteiger partial charge is 0.350 e. The lowest BCUT2D eigenvalue weighted by molar-refractivity contribution is 0.0918. The van der Waals surface area contributed by atoms with Crippen molar-refractivity contribution in [1.29, 1.82) is 0 Å². The Morgan fingerprint density at radius 3 is 2.11 bits per heavy atom. The van der Waals surface area contributed by atoms with E-state index in [9.17, 15) is 18.0 Å².